The zero-order chi connectivity index (χ0) is 11.8. The molecule has 2 aromatic rings. The Labute approximate surface area is 100 Å². The molecule has 0 radical (unpaired) electrons. The Bertz CT molecular complexity index is 539. The van der Waals surface area contributed by atoms with Crippen LogP contribution in [0.3, 0.4) is 0 Å². The Morgan fingerprint density at radius 1 is 1.35 bits per heavy atom. The van der Waals surface area contributed by atoms with E-state index in [1.165, 1.54) is 0 Å². The fourth-order valence-electron chi connectivity index (χ4n) is 2.46. The largest absolute Gasteiger partial charge is 0.384 e. The Kier molecular flexibility index (Phi) is 2.48. The first-order valence-corrected chi connectivity index (χ1v) is 6.07. The first-order chi connectivity index (χ1) is 8.24. The number of nitrogen functional groups attached to an aromatic ring is 1. The van der Waals surface area contributed by atoms with Crippen LogP contribution in [0.1, 0.15) is 30.1 Å². The average Bonchev–Trinajstić information content (AvgIpc) is 2.71. The number of nitrogens with two attached hydrogens (primary N) is 1. The van der Waals surface area contributed by atoms with Crippen molar-refractivity contribution in [3.05, 3.63) is 23.5 Å². The number of aryl methyl sites for hydroxylation is 1. The van der Waals surface area contributed by atoms with E-state index in [0.29, 0.717) is 11.7 Å². The van der Waals surface area contributed by atoms with Gasteiger partial charge in [-0.15, -0.1) is 0 Å². The normalized spacial score (nSPS) is 17.7. The lowest BCUT2D eigenvalue weighted by Gasteiger charge is -2.22. The summed E-state index contributed by atoms with van der Waals surface area (Å²) in [7, 11) is 0. The van der Waals surface area contributed by atoms with Crippen LogP contribution in [0, 0.1) is 6.92 Å². The number of fused-ring (bicyclic) bond motifs is 1. The van der Waals surface area contributed by atoms with Crippen LogP contribution < -0.4 is 11.1 Å². The minimum absolute atomic E-state index is 0.527. The Morgan fingerprint density at radius 2 is 2.12 bits per heavy atom. The monoisotopic (exact) mass is 231 g/mol. The van der Waals surface area contributed by atoms with E-state index in [0.717, 1.165) is 43.0 Å². The van der Waals surface area contributed by atoms with Gasteiger partial charge in [-0.25, -0.2) is 4.98 Å². The van der Waals surface area contributed by atoms with Gasteiger partial charge in [-0.2, -0.15) is 9.61 Å². The van der Waals surface area contributed by atoms with Crippen LogP contribution in [0.25, 0.3) is 5.65 Å². The van der Waals surface area contributed by atoms with Crippen molar-refractivity contribution in [2.45, 2.75) is 25.7 Å². The van der Waals surface area contributed by atoms with Gasteiger partial charge in [0.05, 0.1) is 5.69 Å². The molecule has 0 amide bonds. The fourth-order valence-corrected chi connectivity index (χ4v) is 2.46. The summed E-state index contributed by atoms with van der Waals surface area (Å²) in [6.45, 7) is 4.09. The highest BCUT2D eigenvalue weighted by atomic mass is 15.3. The van der Waals surface area contributed by atoms with E-state index in [-0.39, 0.29) is 0 Å². The number of hydrogen-bond donors (Lipinski definition) is 2. The van der Waals surface area contributed by atoms with Gasteiger partial charge in [0.1, 0.15) is 5.82 Å². The zero-order valence-electron chi connectivity index (χ0n) is 9.98. The van der Waals surface area contributed by atoms with Crippen LogP contribution in [0.4, 0.5) is 5.82 Å². The molecule has 3 heterocycles. The van der Waals surface area contributed by atoms with Gasteiger partial charge in [-0.3, -0.25) is 0 Å². The highest BCUT2D eigenvalue weighted by Gasteiger charge is 2.18. The SMILES string of the molecule is Cc1cc2nc(C3CCNCC3)cc(N)n2n1. The Hall–Kier alpha value is -1.62. The van der Waals surface area contributed by atoms with Crippen molar-refractivity contribution in [2.75, 3.05) is 18.8 Å². The molecule has 5 heteroatoms. The number of nitrogens with one attached hydrogen (secondary N) is 1. The van der Waals surface area contributed by atoms with Crippen LogP contribution in [0.5, 0.6) is 0 Å². The molecule has 3 N–H and O–H groups in total. The predicted octanol–water partition coefficient (Wildman–Crippen LogP) is 1.09. The van der Waals surface area contributed by atoms with E-state index in [1.54, 1.807) is 4.52 Å². The number of hydrogen-bond acceptors (Lipinski definition) is 4. The van der Waals surface area contributed by atoms with E-state index >= 15 is 0 Å². The van der Waals surface area contributed by atoms with Crippen molar-refractivity contribution >= 4 is 11.5 Å². The van der Waals surface area contributed by atoms with E-state index in [4.69, 9.17) is 5.73 Å². The van der Waals surface area contributed by atoms with E-state index < -0.39 is 0 Å². The standard InChI is InChI=1S/C12H17N5/c1-8-6-12-15-10(7-11(13)17(12)16-8)9-2-4-14-5-3-9/h6-7,9,14H,2-5,13H2,1H3. The molecule has 1 saturated heterocycles. The molecular weight excluding hydrogens is 214 g/mol. The van der Waals surface area contributed by atoms with Crippen LogP contribution in [0.15, 0.2) is 12.1 Å². The lowest BCUT2D eigenvalue weighted by atomic mass is 9.94. The first kappa shape index (κ1) is 10.5. The van der Waals surface area contributed by atoms with Crippen LogP contribution in [-0.2, 0) is 0 Å². The molecule has 0 spiro atoms. The molecule has 90 valence electrons. The summed E-state index contributed by atoms with van der Waals surface area (Å²) in [6.07, 6.45) is 2.27. The van der Waals surface area contributed by atoms with Gasteiger partial charge in [0.25, 0.3) is 0 Å². The minimum Gasteiger partial charge on any atom is -0.384 e. The molecule has 3 rings (SSSR count). The second-order valence-electron chi connectivity index (χ2n) is 4.69. The molecular formula is C12H17N5. The number of nitrogens with zero attached hydrogens (tertiary/aromatic N) is 3. The van der Waals surface area contributed by atoms with E-state index in [2.05, 4.69) is 15.4 Å². The fraction of sp³-hybridized carbons (Fsp3) is 0.500. The lowest BCUT2D eigenvalue weighted by Crippen LogP contribution is -2.27. The molecule has 1 aliphatic heterocycles. The topological polar surface area (TPSA) is 68.2 Å². The third-order valence-corrected chi connectivity index (χ3v) is 3.35. The molecule has 5 nitrogen and oxygen atoms in total. The summed E-state index contributed by atoms with van der Waals surface area (Å²) < 4.78 is 1.71. The summed E-state index contributed by atoms with van der Waals surface area (Å²) >= 11 is 0. The average molecular weight is 231 g/mol. The van der Waals surface area contributed by atoms with Crippen molar-refractivity contribution in [3.8, 4) is 0 Å². The molecule has 0 unspecified atom stereocenters. The zero-order valence-corrected chi connectivity index (χ0v) is 9.98. The summed E-state index contributed by atoms with van der Waals surface area (Å²) in [4.78, 5) is 4.67. The van der Waals surface area contributed by atoms with Gasteiger partial charge in [0.15, 0.2) is 5.65 Å². The summed E-state index contributed by atoms with van der Waals surface area (Å²) in [6, 6.07) is 3.94. The Morgan fingerprint density at radius 3 is 2.88 bits per heavy atom. The van der Waals surface area contributed by atoms with Crippen molar-refractivity contribution in [1.29, 1.82) is 0 Å². The number of anilines is 1. The van der Waals surface area contributed by atoms with Crippen molar-refractivity contribution < 1.29 is 0 Å². The third-order valence-electron chi connectivity index (χ3n) is 3.35. The summed E-state index contributed by atoms with van der Waals surface area (Å²) in [5.74, 6) is 1.20. The van der Waals surface area contributed by atoms with Crippen molar-refractivity contribution in [2.24, 2.45) is 0 Å². The predicted molar refractivity (Wildman–Crippen MR) is 67.0 cm³/mol. The van der Waals surface area contributed by atoms with E-state index in [1.807, 2.05) is 19.1 Å². The maximum absolute atomic E-state index is 6.02. The van der Waals surface area contributed by atoms with Gasteiger partial charge < -0.3 is 11.1 Å². The van der Waals surface area contributed by atoms with Gasteiger partial charge >= 0.3 is 0 Å². The summed E-state index contributed by atoms with van der Waals surface area (Å²) in [5, 5.41) is 7.68. The second-order valence-corrected chi connectivity index (χ2v) is 4.69. The Balaban J connectivity index is 2.04. The lowest BCUT2D eigenvalue weighted by molar-refractivity contribution is 0.453. The molecule has 0 aromatic carbocycles. The van der Waals surface area contributed by atoms with Crippen LogP contribution in [0.2, 0.25) is 0 Å². The molecule has 1 aliphatic rings. The van der Waals surface area contributed by atoms with Crippen molar-refractivity contribution in [1.82, 2.24) is 19.9 Å². The van der Waals surface area contributed by atoms with Crippen LogP contribution in [-0.4, -0.2) is 27.7 Å². The highest BCUT2D eigenvalue weighted by molar-refractivity contribution is 5.48. The molecule has 0 aliphatic carbocycles. The maximum atomic E-state index is 6.02. The molecule has 17 heavy (non-hydrogen) atoms. The quantitative estimate of drug-likeness (QED) is 0.771. The van der Waals surface area contributed by atoms with Crippen LogP contribution >= 0.6 is 0 Å². The van der Waals surface area contributed by atoms with Crippen molar-refractivity contribution in [3.63, 3.8) is 0 Å². The molecule has 0 saturated carbocycles. The highest BCUT2D eigenvalue weighted by Crippen LogP contribution is 2.25. The van der Waals surface area contributed by atoms with E-state index in [9.17, 15) is 0 Å². The number of rotatable bonds is 1. The van der Waals surface area contributed by atoms with Gasteiger partial charge in [-0.1, -0.05) is 0 Å². The number of aromatic nitrogens is 3. The molecule has 1 fully saturated rings. The van der Waals surface area contributed by atoms with Gasteiger partial charge in [0, 0.05) is 23.7 Å². The smallest absolute Gasteiger partial charge is 0.157 e. The molecule has 0 atom stereocenters. The first-order valence-electron chi connectivity index (χ1n) is 6.07. The molecule has 0 bridgehead atoms. The van der Waals surface area contributed by atoms with Gasteiger partial charge in [0.2, 0.25) is 0 Å². The second kappa shape index (κ2) is 4.00. The minimum atomic E-state index is 0.527. The van der Waals surface area contributed by atoms with Gasteiger partial charge in [-0.05, 0) is 32.9 Å². The maximum Gasteiger partial charge on any atom is 0.157 e. The third kappa shape index (κ3) is 1.86. The summed E-state index contributed by atoms with van der Waals surface area (Å²) in [5.41, 5.74) is 8.94. The number of piperidine rings is 1. The molecule has 2 aromatic heterocycles.